The molecule has 0 saturated heterocycles. The zero-order chi connectivity index (χ0) is 12.7. The molecule has 0 aliphatic rings. The average molecular weight is 236 g/mol. The van der Waals surface area contributed by atoms with Crippen LogP contribution in [0, 0.1) is 20.8 Å². The summed E-state index contributed by atoms with van der Waals surface area (Å²) in [4.78, 5) is 4.48. The van der Waals surface area contributed by atoms with Crippen LogP contribution in [0.5, 0.6) is 0 Å². The smallest absolute Gasteiger partial charge is 0.100 e. The van der Waals surface area contributed by atoms with Gasteiger partial charge in [0, 0.05) is 5.69 Å². The fraction of sp³-hybridized carbons (Fsp3) is 0.188. The molecule has 18 heavy (non-hydrogen) atoms. The predicted octanol–water partition coefficient (Wildman–Crippen LogP) is 3.95. The Labute approximate surface area is 107 Å². The van der Waals surface area contributed by atoms with Crippen LogP contribution in [0.15, 0.2) is 42.7 Å². The van der Waals surface area contributed by atoms with Crippen LogP contribution < -0.4 is 0 Å². The zero-order valence-corrected chi connectivity index (χ0v) is 10.9. The molecule has 0 aliphatic heterocycles. The summed E-state index contributed by atoms with van der Waals surface area (Å²) in [6, 6.07) is 12.9. The topological polar surface area (TPSA) is 17.8 Å². The number of aromatic nitrogens is 2. The third kappa shape index (κ3) is 1.70. The van der Waals surface area contributed by atoms with E-state index in [2.05, 4.69) is 66.7 Å². The Morgan fingerprint density at radius 1 is 0.889 bits per heavy atom. The second kappa shape index (κ2) is 3.98. The Hall–Kier alpha value is -2.09. The molecule has 90 valence electrons. The second-order valence-electron chi connectivity index (χ2n) is 4.88. The number of rotatable bonds is 1. The van der Waals surface area contributed by atoms with Crippen molar-refractivity contribution in [2.45, 2.75) is 20.8 Å². The minimum Gasteiger partial charge on any atom is -0.299 e. The van der Waals surface area contributed by atoms with Crippen molar-refractivity contribution in [3.8, 4) is 5.69 Å². The molecule has 3 aromatic rings. The normalized spacial score (nSPS) is 11.1. The van der Waals surface area contributed by atoms with Crippen LogP contribution >= 0.6 is 0 Å². The maximum atomic E-state index is 4.48. The highest BCUT2D eigenvalue weighted by atomic mass is 15.0. The van der Waals surface area contributed by atoms with E-state index in [1.54, 1.807) is 0 Å². The highest BCUT2D eigenvalue weighted by Gasteiger charge is 2.06. The molecule has 2 aromatic carbocycles. The zero-order valence-electron chi connectivity index (χ0n) is 10.9. The van der Waals surface area contributed by atoms with Crippen molar-refractivity contribution in [1.29, 1.82) is 0 Å². The molecule has 0 N–H and O–H groups in total. The summed E-state index contributed by atoms with van der Waals surface area (Å²) in [7, 11) is 0. The molecule has 0 fully saturated rings. The molecule has 2 nitrogen and oxygen atoms in total. The minimum atomic E-state index is 1.05. The lowest BCUT2D eigenvalue weighted by atomic mass is 10.1. The average Bonchev–Trinajstić information content (AvgIpc) is 2.74. The summed E-state index contributed by atoms with van der Waals surface area (Å²) in [5.41, 5.74) is 7.25. The van der Waals surface area contributed by atoms with Gasteiger partial charge >= 0.3 is 0 Å². The van der Waals surface area contributed by atoms with E-state index in [0.29, 0.717) is 0 Å². The maximum Gasteiger partial charge on any atom is 0.100 e. The van der Waals surface area contributed by atoms with Gasteiger partial charge in [-0.05, 0) is 56.2 Å². The lowest BCUT2D eigenvalue weighted by Crippen LogP contribution is -1.92. The molecule has 1 heterocycles. The van der Waals surface area contributed by atoms with Gasteiger partial charge in [0.25, 0.3) is 0 Å². The monoisotopic (exact) mass is 236 g/mol. The number of benzene rings is 2. The van der Waals surface area contributed by atoms with E-state index in [4.69, 9.17) is 0 Å². The molecule has 0 bridgehead atoms. The minimum absolute atomic E-state index is 1.05. The first-order valence-corrected chi connectivity index (χ1v) is 6.16. The van der Waals surface area contributed by atoms with Crippen LogP contribution in [0.4, 0.5) is 0 Å². The molecule has 0 spiro atoms. The Bertz CT molecular complexity index is 706. The summed E-state index contributed by atoms with van der Waals surface area (Å²) in [5, 5.41) is 0. The van der Waals surface area contributed by atoms with Crippen LogP contribution in [0.2, 0.25) is 0 Å². The van der Waals surface area contributed by atoms with Gasteiger partial charge in [0.1, 0.15) is 6.33 Å². The van der Waals surface area contributed by atoms with Crippen LogP contribution in [-0.2, 0) is 0 Å². The molecule has 0 aliphatic carbocycles. The Balaban J connectivity index is 2.23. The Morgan fingerprint density at radius 2 is 1.56 bits per heavy atom. The van der Waals surface area contributed by atoms with E-state index in [9.17, 15) is 0 Å². The summed E-state index contributed by atoms with van der Waals surface area (Å²) < 4.78 is 2.14. The van der Waals surface area contributed by atoms with Gasteiger partial charge in [-0.15, -0.1) is 0 Å². The van der Waals surface area contributed by atoms with Gasteiger partial charge in [-0.25, -0.2) is 4.98 Å². The molecular weight excluding hydrogens is 220 g/mol. The first kappa shape index (κ1) is 11.0. The lowest BCUT2D eigenvalue weighted by Gasteiger charge is -2.06. The molecule has 0 amide bonds. The van der Waals surface area contributed by atoms with E-state index < -0.39 is 0 Å². The van der Waals surface area contributed by atoms with Crippen LogP contribution in [-0.4, -0.2) is 9.55 Å². The molecule has 1 aromatic heterocycles. The van der Waals surface area contributed by atoms with Crippen molar-refractivity contribution in [3.63, 3.8) is 0 Å². The van der Waals surface area contributed by atoms with Gasteiger partial charge in [-0.2, -0.15) is 0 Å². The predicted molar refractivity (Wildman–Crippen MR) is 75.3 cm³/mol. The Morgan fingerprint density at radius 3 is 2.28 bits per heavy atom. The van der Waals surface area contributed by atoms with Crippen LogP contribution in [0.3, 0.4) is 0 Å². The van der Waals surface area contributed by atoms with E-state index >= 15 is 0 Å². The van der Waals surface area contributed by atoms with E-state index in [0.717, 1.165) is 11.2 Å². The Kier molecular flexibility index (Phi) is 2.44. The molecule has 0 atom stereocenters. The van der Waals surface area contributed by atoms with Crippen LogP contribution in [0.25, 0.3) is 16.7 Å². The van der Waals surface area contributed by atoms with Gasteiger partial charge < -0.3 is 0 Å². The third-order valence-electron chi connectivity index (χ3n) is 3.47. The molecule has 2 heteroatoms. The molecule has 3 rings (SSSR count). The number of imidazole rings is 1. The van der Waals surface area contributed by atoms with Crippen molar-refractivity contribution < 1.29 is 0 Å². The fourth-order valence-corrected chi connectivity index (χ4v) is 2.18. The van der Waals surface area contributed by atoms with Crippen molar-refractivity contribution in [1.82, 2.24) is 9.55 Å². The highest BCUT2D eigenvalue weighted by Crippen LogP contribution is 2.21. The summed E-state index contributed by atoms with van der Waals surface area (Å²) in [6.45, 7) is 6.37. The lowest BCUT2D eigenvalue weighted by molar-refractivity contribution is 1.09. The molecule has 0 radical (unpaired) electrons. The van der Waals surface area contributed by atoms with Crippen molar-refractivity contribution in [2.75, 3.05) is 0 Å². The number of aryl methyl sites for hydroxylation is 3. The van der Waals surface area contributed by atoms with E-state index in [1.165, 1.54) is 22.2 Å². The van der Waals surface area contributed by atoms with Gasteiger partial charge in [-0.3, -0.25) is 4.57 Å². The summed E-state index contributed by atoms with van der Waals surface area (Å²) in [5.74, 6) is 0. The highest BCUT2D eigenvalue weighted by molar-refractivity contribution is 5.79. The van der Waals surface area contributed by atoms with Crippen LogP contribution in [0.1, 0.15) is 16.7 Å². The molecule has 0 unspecified atom stereocenters. The van der Waals surface area contributed by atoms with E-state index in [1.807, 2.05) is 6.33 Å². The standard InChI is InChI=1S/C16H16N2/c1-11-4-6-14(7-5-11)18-10-17-15-8-12(2)13(3)9-16(15)18/h4-10H,1-3H3. The fourth-order valence-electron chi connectivity index (χ4n) is 2.18. The molecule has 0 saturated carbocycles. The van der Waals surface area contributed by atoms with Gasteiger partial charge in [0.2, 0.25) is 0 Å². The largest absolute Gasteiger partial charge is 0.299 e. The number of fused-ring (bicyclic) bond motifs is 1. The first-order valence-electron chi connectivity index (χ1n) is 6.16. The quantitative estimate of drug-likeness (QED) is 0.625. The third-order valence-corrected chi connectivity index (χ3v) is 3.47. The van der Waals surface area contributed by atoms with Gasteiger partial charge in [0.15, 0.2) is 0 Å². The van der Waals surface area contributed by atoms with Crippen molar-refractivity contribution in [2.24, 2.45) is 0 Å². The SMILES string of the molecule is Cc1ccc(-n2cnc3cc(C)c(C)cc32)cc1. The number of hydrogen-bond donors (Lipinski definition) is 0. The summed E-state index contributed by atoms with van der Waals surface area (Å²) in [6.07, 6.45) is 1.90. The number of hydrogen-bond acceptors (Lipinski definition) is 1. The van der Waals surface area contributed by atoms with E-state index in [-0.39, 0.29) is 0 Å². The summed E-state index contributed by atoms with van der Waals surface area (Å²) >= 11 is 0. The van der Waals surface area contributed by atoms with Crippen molar-refractivity contribution >= 4 is 11.0 Å². The van der Waals surface area contributed by atoms with Gasteiger partial charge in [0.05, 0.1) is 11.0 Å². The molecular formula is C16H16N2. The first-order chi connectivity index (χ1) is 8.65. The second-order valence-corrected chi connectivity index (χ2v) is 4.88. The number of nitrogens with zero attached hydrogens (tertiary/aromatic N) is 2. The maximum absolute atomic E-state index is 4.48. The van der Waals surface area contributed by atoms with Gasteiger partial charge in [-0.1, -0.05) is 17.7 Å². The van der Waals surface area contributed by atoms with Crippen molar-refractivity contribution in [3.05, 3.63) is 59.4 Å².